The molecule has 4 rings (SSSR count). The van der Waals surface area contributed by atoms with Crippen LogP contribution >= 0.6 is 11.3 Å². The molecule has 1 fully saturated rings. The summed E-state index contributed by atoms with van der Waals surface area (Å²) < 4.78 is 5.26. The number of nitrogens with one attached hydrogen (secondary N) is 1. The third-order valence-corrected chi connectivity index (χ3v) is 6.34. The third-order valence-electron chi connectivity index (χ3n) is 5.48. The van der Waals surface area contributed by atoms with E-state index in [1.54, 1.807) is 36.9 Å². The van der Waals surface area contributed by atoms with Gasteiger partial charge in [-0.25, -0.2) is 4.98 Å². The van der Waals surface area contributed by atoms with Crippen LogP contribution in [0.1, 0.15) is 39.9 Å². The SMILES string of the molecule is COc1ccc(CN2CCC[C@@H]([C@H](NC(=O)c3ccccn3)c3nccs3)C2)cc1. The van der Waals surface area contributed by atoms with Gasteiger partial charge in [0.05, 0.1) is 13.2 Å². The summed E-state index contributed by atoms with van der Waals surface area (Å²) in [4.78, 5) is 24.0. The van der Waals surface area contributed by atoms with Gasteiger partial charge in [0.1, 0.15) is 16.5 Å². The van der Waals surface area contributed by atoms with Gasteiger partial charge < -0.3 is 10.1 Å². The molecule has 156 valence electrons. The molecule has 0 bridgehead atoms. The maximum atomic E-state index is 12.8. The number of ether oxygens (including phenoxy) is 1. The first-order valence-corrected chi connectivity index (χ1v) is 11.1. The van der Waals surface area contributed by atoms with Crippen molar-refractivity contribution in [3.05, 3.63) is 76.5 Å². The summed E-state index contributed by atoms with van der Waals surface area (Å²) in [6.07, 6.45) is 5.61. The molecule has 6 nitrogen and oxygen atoms in total. The minimum atomic E-state index is -0.150. The van der Waals surface area contributed by atoms with Crippen LogP contribution in [0.25, 0.3) is 0 Å². The first kappa shape index (κ1) is 20.5. The second-order valence-corrected chi connectivity index (χ2v) is 8.45. The molecule has 0 radical (unpaired) electrons. The maximum absolute atomic E-state index is 12.8. The highest BCUT2D eigenvalue weighted by molar-refractivity contribution is 7.09. The summed E-state index contributed by atoms with van der Waals surface area (Å²) in [5.41, 5.74) is 1.70. The van der Waals surface area contributed by atoms with Gasteiger partial charge in [0.15, 0.2) is 0 Å². The molecule has 30 heavy (non-hydrogen) atoms. The van der Waals surface area contributed by atoms with E-state index in [1.165, 1.54) is 5.56 Å². The van der Waals surface area contributed by atoms with Crippen molar-refractivity contribution in [1.29, 1.82) is 0 Å². The minimum absolute atomic E-state index is 0.113. The lowest BCUT2D eigenvalue weighted by Gasteiger charge is -2.36. The summed E-state index contributed by atoms with van der Waals surface area (Å²) in [7, 11) is 1.68. The van der Waals surface area contributed by atoms with Crippen LogP contribution in [0.4, 0.5) is 0 Å². The Balaban J connectivity index is 1.46. The summed E-state index contributed by atoms with van der Waals surface area (Å²) in [5, 5.41) is 6.13. The second kappa shape index (κ2) is 9.82. The molecule has 2 atom stereocenters. The van der Waals surface area contributed by atoms with Gasteiger partial charge >= 0.3 is 0 Å². The number of aromatic nitrogens is 2. The standard InChI is InChI=1S/C23H26N4O2S/c1-29-19-9-7-17(8-10-19)15-27-13-4-5-18(16-27)21(23-25-12-14-30-23)26-22(28)20-6-2-3-11-24-20/h2-3,6-12,14,18,21H,4-5,13,15-16H2,1H3,(H,26,28)/t18-,21+/m1/s1. The lowest BCUT2D eigenvalue weighted by atomic mass is 9.90. The largest absolute Gasteiger partial charge is 0.497 e. The van der Waals surface area contributed by atoms with E-state index < -0.39 is 0 Å². The van der Waals surface area contributed by atoms with Crippen molar-refractivity contribution in [3.63, 3.8) is 0 Å². The minimum Gasteiger partial charge on any atom is -0.497 e. The fourth-order valence-corrected chi connectivity index (χ4v) is 4.76. The van der Waals surface area contributed by atoms with Crippen LogP contribution in [0.3, 0.4) is 0 Å². The van der Waals surface area contributed by atoms with Crippen molar-refractivity contribution >= 4 is 17.2 Å². The van der Waals surface area contributed by atoms with Crippen LogP contribution < -0.4 is 10.1 Å². The normalized spacial score (nSPS) is 18.0. The van der Waals surface area contributed by atoms with E-state index >= 15 is 0 Å². The van der Waals surface area contributed by atoms with Gasteiger partial charge in [-0.3, -0.25) is 14.7 Å². The molecule has 0 spiro atoms. The smallest absolute Gasteiger partial charge is 0.270 e. The number of likely N-dealkylation sites (tertiary alicyclic amines) is 1. The molecule has 1 aliphatic heterocycles. The predicted molar refractivity (Wildman–Crippen MR) is 118 cm³/mol. The number of benzene rings is 1. The fourth-order valence-electron chi connectivity index (χ4n) is 3.98. The van der Waals surface area contributed by atoms with Crippen LogP contribution in [0, 0.1) is 5.92 Å². The lowest BCUT2D eigenvalue weighted by molar-refractivity contribution is 0.0873. The molecule has 1 aliphatic rings. The molecule has 0 aliphatic carbocycles. The van der Waals surface area contributed by atoms with Crippen molar-refractivity contribution in [2.75, 3.05) is 20.2 Å². The number of hydrogen-bond donors (Lipinski definition) is 1. The van der Waals surface area contributed by atoms with Gasteiger partial charge in [-0.05, 0) is 55.1 Å². The Hall–Kier alpha value is -2.77. The van der Waals surface area contributed by atoms with Crippen molar-refractivity contribution < 1.29 is 9.53 Å². The molecule has 3 aromatic rings. The van der Waals surface area contributed by atoms with E-state index in [2.05, 4.69) is 32.3 Å². The van der Waals surface area contributed by atoms with Gasteiger partial charge in [0, 0.05) is 30.9 Å². The summed E-state index contributed by atoms with van der Waals surface area (Å²) in [5.74, 6) is 1.02. The molecule has 0 unspecified atom stereocenters. The topological polar surface area (TPSA) is 67.3 Å². The van der Waals surface area contributed by atoms with Crippen LogP contribution in [-0.2, 0) is 6.54 Å². The first-order valence-electron chi connectivity index (χ1n) is 10.2. The predicted octanol–water partition coefficient (Wildman–Crippen LogP) is 3.93. The Labute approximate surface area is 180 Å². The van der Waals surface area contributed by atoms with Crippen molar-refractivity contribution in [2.45, 2.75) is 25.4 Å². The van der Waals surface area contributed by atoms with Crippen LogP contribution in [0.2, 0.25) is 0 Å². The first-order chi connectivity index (χ1) is 14.7. The number of piperidine rings is 1. The average molecular weight is 423 g/mol. The summed E-state index contributed by atoms with van der Waals surface area (Å²) in [6, 6.07) is 13.5. The third kappa shape index (κ3) is 5.04. The molecule has 3 heterocycles. The van der Waals surface area contributed by atoms with E-state index in [-0.39, 0.29) is 11.9 Å². The van der Waals surface area contributed by atoms with Crippen LogP contribution in [0.5, 0.6) is 5.75 Å². The fraction of sp³-hybridized carbons (Fsp3) is 0.348. The van der Waals surface area contributed by atoms with E-state index in [0.29, 0.717) is 11.6 Å². The zero-order valence-corrected chi connectivity index (χ0v) is 17.8. The summed E-state index contributed by atoms with van der Waals surface area (Å²) >= 11 is 1.59. The Bertz CT molecular complexity index is 932. The van der Waals surface area contributed by atoms with Crippen molar-refractivity contribution in [2.24, 2.45) is 5.92 Å². The molecule has 1 amide bonds. The molecule has 1 saturated heterocycles. The molecular formula is C23H26N4O2S. The van der Waals surface area contributed by atoms with Gasteiger partial charge in [-0.1, -0.05) is 18.2 Å². The molecule has 2 aromatic heterocycles. The number of thiazole rings is 1. The Morgan fingerprint density at radius 2 is 2.10 bits per heavy atom. The molecule has 7 heteroatoms. The Kier molecular flexibility index (Phi) is 6.71. The zero-order valence-electron chi connectivity index (χ0n) is 17.0. The van der Waals surface area contributed by atoms with Gasteiger partial charge in [-0.15, -0.1) is 11.3 Å². The highest BCUT2D eigenvalue weighted by atomic mass is 32.1. The molecular weight excluding hydrogens is 396 g/mol. The highest BCUT2D eigenvalue weighted by Crippen LogP contribution is 2.32. The van der Waals surface area contributed by atoms with E-state index in [1.807, 2.05) is 29.6 Å². The number of nitrogens with zero attached hydrogens (tertiary/aromatic N) is 3. The van der Waals surface area contributed by atoms with Gasteiger partial charge in [0.25, 0.3) is 5.91 Å². The van der Waals surface area contributed by atoms with Crippen molar-refractivity contribution in [3.8, 4) is 5.75 Å². The monoisotopic (exact) mass is 422 g/mol. The van der Waals surface area contributed by atoms with E-state index in [9.17, 15) is 4.79 Å². The summed E-state index contributed by atoms with van der Waals surface area (Å²) in [6.45, 7) is 2.86. The average Bonchev–Trinajstić information content (AvgIpc) is 3.33. The van der Waals surface area contributed by atoms with E-state index in [4.69, 9.17) is 4.74 Å². The zero-order chi connectivity index (χ0) is 20.8. The van der Waals surface area contributed by atoms with Gasteiger partial charge in [-0.2, -0.15) is 0 Å². The Morgan fingerprint density at radius 1 is 1.23 bits per heavy atom. The van der Waals surface area contributed by atoms with Crippen molar-refractivity contribution in [1.82, 2.24) is 20.2 Å². The quantitative estimate of drug-likeness (QED) is 0.625. The highest BCUT2D eigenvalue weighted by Gasteiger charge is 2.31. The lowest BCUT2D eigenvalue weighted by Crippen LogP contribution is -2.42. The van der Waals surface area contributed by atoms with Crippen LogP contribution in [0.15, 0.2) is 60.2 Å². The number of carbonyl (C=O) groups excluding carboxylic acids is 1. The number of methoxy groups -OCH3 is 1. The molecule has 1 aromatic carbocycles. The number of amides is 1. The number of hydrogen-bond acceptors (Lipinski definition) is 6. The van der Waals surface area contributed by atoms with Crippen LogP contribution in [-0.4, -0.2) is 41.0 Å². The number of rotatable bonds is 7. The maximum Gasteiger partial charge on any atom is 0.270 e. The molecule has 1 N–H and O–H groups in total. The van der Waals surface area contributed by atoms with Gasteiger partial charge in [0.2, 0.25) is 0 Å². The number of pyridine rings is 1. The number of carbonyl (C=O) groups is 1. The van der Waals surface area contributed by atoms with E-state index in [0.717, 1.165) is 43.2 Å². The Morgan fingerprint density at radius 3 is 2.80 bits per heavy atom. The molecule has 0 saturated carbocycles. The second-order valence-electron chi connectivity index (χ2n) is 7.52.